The van der Waals surface area contributed by atoms with Crippen LogP contribution in [0.3, 0.4) is 0 Å². The third-order valence-electron chi connectivity index (χ3n) is 4.05. The highest BCUT2D eigenvalue weighted by atomic mass is 32.1. The monoisotopic (exact) mass is 398 g/mol. The molecule has 3 rings (SSSR count). The zero-order valence-electron chi connectivity index (χ0n) is 14.5. The maximum Gasteiger partial charge on any atom is 0.416 e. The van der Waals surface area contributed by atoms with Gasteiger partial charge in [0.25, 0.3) is 5.91 Å². The predicted molar refractivity (Wildman–Crippen MR) is 92.4 cm³/mol. The largest absolute Gasteiger partial charge is 0.461 e. The fourth-order valence-corrected chi connectivity index (χ4v) is 3.31. The fraction of sp³-hybridized carbons (Fsp3) is 0.389. The molecule has 2 aromatic rings. The van der Waals surface area contributed by atoms with Crippen molar-refractivity contribution in [3.05, 3.63) is 51.5 Å². The van der Waals surface area contributed by atoms with Crippen molar-refractivity contribution in [2.75, 3.05) is 6.61 Å². The minimum Gasteiger partial charge on any atom is -0.461 e. The van der Waals surface area contributed by atoms with Crippen LogP contribution in [0.1, 0.15) is 51.2 Å². The number of halogens is 3. The lowest BCUT2D eigenvalue weighted by molar-refractivity contribution is -0.137. The van der Waals surface area contributed by atoms with Crippen LogP contribution in [0.15, 0.2) is 29.6 Å². The summed E-state index contributed by atoms with van der Waals surface area (Å²) in [5, 5.41) is 2.14. The van der Waals surface area contributed by atoms with Crippen LogP contribution < -0.4 is 0 Å². The van der Waals surface area contributed by atoms with E-state index < -0.39 is 17.7 Å². The van der Waals surface area contributed by atoms with E-state index in [1.54, 1.807) is 17.2 Å². The first kappa shape index (κ1) is 19.3. The Morgan fingerprint density at radius 3 is 2.48 bits per heavy atom. The molecule has 27 heavy (non-hydrogen) atoms. The van der Waals surface area contributed by atoms with E-state index in [1.807, 2.05) is 0 Å². The van der Waals surface area contributed by atoms with Gasteiger partial charge in [-0.1, -0.05) is 0 Å². The molecule has 1 aliphatic carbocycles. The van der Waals surface area contributed by atoms with E-state index in [-0.39, 0.29) is 36.4 Å². The Kier molecular flexibility index (Phi) is 5.50. The molecule has 1 aromatic carbocycles. The normalized spacial score (nSPS) is 14.1. The van der Waals surface area contributed by atoms with Crippen LogP contribution in [0, 0.1) is 0 Å². The Balaban J connectivity index is 1.74. The molecule has 144 valence electrons. The molecule has 1 aromatic heterocycles. The molecule has 1 heterocycles. The van der Waals surface area contributed by atoms with Gasteiger partial charge in [-0.2, -0.15) is 13.2 Å². The van der Waals surface area contributed by atoms with Gasteiger partial charge in [0.05, 0.1) is 18.7 Å². The van der Waals surface area contributed by atoms with E-state index in [1.165, 1.54) is 23.5 Å². The summed E-state index contributed by atoms with van der Waals surface area (Å²) in [6.07, 6.45) is -2.77. The minimum absolute atomic E-state index is 0.0368. The number of hydrogen-bond donors (Lipinski definition) is 0. The number of alkyl halides is 3. The van der Waals surface area contributed by atoms with Gasteiger partial charge < -0.3 is 9.64 Å². The number of thiazole rings is 1. The third kappa shape index (κ3) is 4.65. The maximum absolute atomic E-state index is 12.8. The van der Waals surface area contributed by atoms with Crippen molar-refractivity contribution in [3.63, 3.8) is 0 Å². The molecule has 5 nitrogen and oxygen atoms in total. The van der Waals surface area contributed by atoms with E-state index in [4.69, 9.17) is 4.74 Å². The molecule has 9 heteroatoms. The van der Waals surface area contributed by atoms with Gasteiger partial charge in [0.15, 0.2) is 5.69 Å². The van der Waals surface area contributed by atoms with Crippen LogP contribution in [-0.4, -0.2) is 34.4 Å². The number of nitrogens with zero attached hydrogens (tertiary/aromatic N) is 2. The van der Waals surface area contributed by atoms with Gasteiger partial charge in [0, 0.05) is 17.0 Å². The summed E-state index contributed by atoms with van der Waals surface area (Å²) in [7, 11) is 0. The van der Waals surface area contributed by atoms with E-state index in [0.717, 1.165) is 25.0 Å². The molecule has 0 bridgehead atoms. The average Bonchev–Trinajstić information content (AvgIpc) is 3.36. The molecule has 1 amide bonds. The molecule has 0 aliphatic heterocycles. The van der Waals surface area contributed by atoms with E-state index in [9.17, 15) is 22.8 Å². The molecule has 1 fully saturated rings. The van der Waals surface area contributed by atoms with Crippen molar-refractivity contribution in [3.8, 4) is 0 Å². The van der Waals surface area contributed by atoms with Gasteiger partial charge in [0.1, 0.15) is 5.01 Å². The van der Waals surface area contributed by atoms with Crippen molar-refractivity contribution >= 4 is 23.2 Å². The summed E-state index contributed by atoms with van der Waals surface area (Å²) in [6, 6.07) is 4.22. The molecule has 0 N–H and O–H groups in total. The van der Waals surface area contributed by atoms with Gasteiger partial charge in [-0.15, -0.1) is 11.3 Å². The van der Waals surface area contributed by atoms with Gasteiger partial charge in [-0.05, 0) is 44.0 Å². The number of carbonyl (C=O) groups is 2. The second-order valence-electron chi connectivity index (χ2n) is 6.09. The quantitative estimate of drug-likeness (QED) is 0.686. The second kappa shape index (κ2) is 7.67. The molecule has 0 unspecified atom stereocenters. The summed E-state index contributed by atoms with van der Waals surface area (Å²) in [5.41, 5.74) is -0.414. The Hall–Kier alpha value is -2.42. The first-order chi connectivity index (χ1) is 12.8. The summed E-state index contributed by atoms with van der Waals surface area (Å²) in [5.74, 6) is -0.869. The molecule has 0 saturated heterocycles. The number of aromatic nitrogens is 1. The molecule has 0 radical (unpaired) electrons. The van der Waals surface area contributed by atoms with Crippen LogP contribution in [0.5, 0.6) is 0 Å². The third-order valence-corrected chi connectivity index (χ3v) is 4.88. The second-order valence-corrected chi connectivity index (χ2v) is 7.03. The average molecular weight is 398 g/mol. The number of ether oxygens (including phenoxy) is 1. The molecular formula is C18H17F3N2O3S. The predicted octanol–water partition coefficient (Wildman–Crippen LogP) is 4.14. The summed E-state index contributed by atoms with van der Waals surface area (Å²) in [4.78, 5) is 30.3. The lowest BCUT2D eigenvalue weighted by Crippen LogP contribution is -2.32. The molecule has 1 saturated carbocycles. The molecule has 0 atom stereocenters. The number of hydrogen-bond acceptors (Lipinski definition) is 5. The Labute approximate surface area is 157 Å². The van der Waals surface area contributed by atoms with Crippen LogP contribution in [0.2, 0.25) is 0 Å². The Morgan fingerprint density at radius 2 is 1.93 bits per heavy atom. The van der Waals surface area contributed by atoms with E-state index in [2.05, 4.69) is 4.98 Å². The van der Waals surface area contributed by atoms with Gasteiger partial charge >= 0.3 is 12.1 Å². The van der Waals surface area contributed by atoms with Gasteiger partial charge in [-0.25, -0.2) is 9.78 Å². The van der Waals surface area contributed by atoms with Crippen molar-refractivity contribution in [1.82, 2.24) is 9.88 Å². The Morgan fingerprint density at radius 1 is 1.26 bits per heavy atom. The highest BCUT2D eigenvalue weighted by molar-refractivity contribution is 7.09. The highest BCUT2D eigenvalue weighted by Gasteiger charge is 2.35. The first-order valence-electron chi connectivity index (χ1n) is 8.39. The number of rotatable bonds is 6. The van der Waals surface area contributed by atoms with Gasteiger partial charge in [0.2, 0.25) is 0 Å². The summed E-state index contributed by atoms with van der Waals surface area (Å²) in [6.45, 7) is 2.14. The van der Waals surface area contributed by atoms with Crippen molar-refractivity contribution in [1.29, 1.82) is 0 Å². The SMILES string of the molecule is CCOC(=O)c1csc(CN(C(=O)c2ccc(C(F)(F)F)cc2)C2CC2)n1. The number of amides is 1. The lowest BCUT2D eigenvalue weighted by Gasteiger charge is -2.21. The van der Waals surface area contributed by atoms with E-state index >= 15 is 0 Å². The summed E-state index contributed by atoms with van der Waals surface area (Å²) < 4.78 is 43.0. The topological polar surface area (TPSA) is 59.5 Å². The smallest absolute Gasteiger partial charge is 0.416 e. The highest BCUT2D eigenvalue weighted by Crippen LogP contribution is 2.32. The zero-order chi connectivity index (χ0) is 19.6. The van der Waals surface area contributed by atoms with Crippen molar-refractivity contribution in [2.24, 2.45) is 0 Å². The lowest BCUT2D eigenvalue weighted by atomic mass is 10.1. The number of benzene rings is 1. The standard InChI is InChI=1S/C18H17F3N2O3S/c1-2-26-17(25)14-10-27-15(22-14)9-23(13-7-8-13)16(24)11-3-5-12(6-4-11)18(19,20)21/h3-6,10,13H,2,7-9H2,1H3. The number of carbonyl (C=O) groups excluding carboxylic acids is 2. The first-order valence-corrected chi connectivity index (χ1v) is 9.27. The molecule has 1 aliphatic rings. The van der Waals surface area contributed by atoms with Crippen molar-refractivity contribution in [2.45, 2.75) is 38.5 Å². The van der Waals surface area contributed by atoms with Crippen LogP contribution >= 0.6 is 11.3 Å². The molecule has 0 spiro atoms. The fourth-order valence-electron chi connectivity index (χ4n) is 2.55. The number of esters is 1. The Bertz CT molecular complexity index is 829. The summed E-state index contributed by atoms with van der Waals surface area (Å²) >= 11 is 1.24. The minimum atomic E-state index is -4.44. The van der Waals surface area contributed by atoms with E-state index in [0.29, 0.717) is 5.01 Å². The maximum atomic E-state index is 12.8. The van der Waals surface area contributed by atoms with Crippen LogP contribution in [0.4, 0.5) is 13.2 Å². The van der Waals surface area contributed by atoms with Crippen molar-refractivity contribution < 1.29 is 27.5 Å². The zero-order valence-corrected chi connectivity index (χ0v) is 15.3. The van der Waals surface area contributed by atoms with Gasteiger partial charge in [-0.3, -0.25) is 4.79 Å². The van der Waals surface area contributed by atoms with Crippen LogP contribution in [0.25, 0.3) is 0 Å². The molecular weight excluding hydrogens is 381 g/mol. The van der Waals surface area contributed by atoms with Crippen LogP contribution in [-0.2, 0) is 17.5 Å².